The Morgan fingerprint density at radius 3 is 2.58 bits per heavy atom. The Hall–Kier alpha value is -1.87. The number of hydrogen-bond acceptors (Lipinski definition) is 3. The third kappa shape index (κ3) is 3.12. The van der Waals surface area contributed by atoms with Crippen molar-refractivity contribution in [3.8, 4) is 11.5 Å². The predicted molar refractivity (Wildman–Crippen MR) is 81.4 cm³/mol. The van der Waals surface area contributed by atoms with Crippen LogP contribution in [0.15, 0.2) is 36.4 Å². The summed E-state index contributed by atoms with van der Waals surface area (Å²) in [6, 6.07) is 11.4. The number of benzene rings is 2. The van der Waals surface area contributed by atoms with Crippen LogP contribution < -0.4 is 15.4 Å². The molecule has 0 unspecified atom stereocenters. The summed E-state index contributed by atoms with van der Waals surface area (Å²) < 4.78 is 5.87. The first-order chi connectivity index (χ1) is 8.97. The molecule has 0 aliphatic carbocycles. The maximum atomic E-state index is 6.02. The highest BCUT2D eigenvalue weighted by Gasteiger charge is 2.06. The molecule has 0 fully saturated rings. The van der Waals surface area contributed by atoms with Crippen molar-refractivity contribution in [1.82, 2.24) is 0 Å². The Morgan fingerprint density at radius 1 is 1.16 bits per heavy atom. The normalized spacial score (nSPS) is 10.3. The van der Waals surface area contributed by atoms with Crippen LogP contribution in [0.3, 0.4) is 0 Å². The number of nitrogen functional groups attached to an aromatic ring is 1. The number of hydrogen-bond donors (Lipinski definition) is 1. The van der Waals surface area contributed by atoms with E-state index in [4.69, 9.17) is 22.1 Å². The molecule has 3 nitrogen and oxygen atoms in total. The highest BCUT2D eigenvalue weighted by molar-refractivity contribution is 6.33. The summed E-state index contributed by atoms with van der Waals surface area (Å²) in [6.45, 7) is 1.94. The van der Waals surface area contributed by atoms with Gasteiger partial charge in [-0.1, -0.05) is 17.7 Å². The Labute approximate surface area is 118 Å². The lowest BCUT2D eigenvalue weighted by Crippen LogP contribution is -2.08. The van der Waals surface area contributed by atoms with E-state index in [1.54, 1.807) is 6.07 Å². The molecule has 2 aromatic carbocycles. The van der Waals surface area contributed by atoms with Crippen LogP contribution >= 0.6 is 11.6 Å². The van der Waals surface area contributed by atoms with Gasteiger partial charge >= 0.3 is 0 Å². The second-order valence-corrected chi connectivity index (χ2v) is 5.04. The summed E-state index contributed by atoms with van der Waals surface area (Å²) >= 11 is 6.02. The zero-order valence-electron chi connectivity index (χ0n) is 11.3. The molecule has 0 aromatic heterocycles. The zero-order valence-corrected chi connectivity index (χ0v) is 12.0. The van der Waals surface area contributed by atoms with Crippen LogP contribution in [0.1, 0.15) is 5.56 Å². The van der Waals surface area contributed by atoms with Gasteiger partial charge in [0.05, 0.1) is 10.7 Å². The van der Waals surface area contributed by atoms with Crippen LogP contribution in [-0.4, -0.2) is 14.1 Å². The minimum Gasteiger partial charge on any atom is -0.457 e. The second kappa shape index (κ2) is 5.41. The lowest BCUT2D eigenvalue weighted by Gasteiger charge is -2.15. The quantitative estimate of drug-likeness (QED) is 0.858. The first-order valence-electron chi connectivity index (χ1n) is 5.98. The third-order valence-electron chi connectivity index (χ3n) is 2.86. The van der Waals surface area contributed by atoms with E-state index in [0.29, 0.717) is 10.7 Å². The number of ether oxygens (including phenoxy) is 1. The molecule has 0 saturated heterocycles. The van der Waals surface area contributed by atoms with Gasteiger partial charge in [-0.2, -0.15) is 0 Å². The molecule has 100 valence electrons. The summed E-state index contributed by atoms with van der Waals surface area (Å²) in [5.41, 5.74) is 8.35. The van der Waals surface area contributed by atoms with E-state index >= 15 is 0 Å². The van der Waals surface area contributed by atoms with E-state index in [1.165, 1.54) is 0 Å². The van der Waals surface area contributed by atoms with Crippen molar-refractivity contribution in [2.24, 2.45) is 0 Å². The summed E-state index contributed by atoms with van der Waals surface area (Å²) in [7, 11) is 3.98. The fraction of sp³-hybridized carbons (Fsp3) is 0.200. The fourth-order valence-electron chi connectivity index (χ4n) is 1.75. The zero-order chi connectivity index (χ0) is 14.0. The summed E-state index contributed by atoms with van der Waals surface area (Å²) in [6.07, 6.45) is 0. The third-order valence-corrected chi connectivity index (χ3v) is 3.18. The van der Waals surface area contributed by atoms with Gasteiger partial charge in [-0.05, 0) is 30.7 Å². The molecule has 0 atom stereocenters. The Bertz CT molecular complexity index is 597. The topological polar surface area (TPSA) is 38.5 Å². The second-order valence-electron chi connectivity index (χ2n) is 4.63. The first kappa shape index (κ1) is 13.6. The molecule has 0 saturated carbocycles. The first-order valence-corrected chi connectivity index (χ1v) is 6.36. The molecule has 2 aromatic rings. The number of nitrogens with zero attached hydrogens (tertiary/aromatic N) is 1. The van der Waals surface area contributed by atoms with Crippen molar-refractivity contribution in [3.05, 3.63) is 47.0 Å². The van der Waals surface area contributed by atoms with Crippen molar-refractivity contribution in [3.63, 3.8) is 0 Å². The molecule has 0 aliphatic rings. The summed E-state index contributed by atoms with van der Waals surface area (Å²) in [5.74, 6) is 1.49. The summed E-state index contributed by atoms with van der Waals surface area (Å²) in [5, 5.41) is 0.504. The standard InChI is InChI=1S/C15H17ClN2O/c1-10-7-14(17)13(16)9-15(10)19-12-6-4-5-11(8-12)18(2)3/h4-9H,17H2,1-3H3. The van der Waals surface area contributed by atoms with Gasteiger partial charge in [0.15, 0.2) is 0 Å². The highest BCUT2D eigenvalue weighted by Crippen LogP contribution is 2.32. The van der Waals surface area contributed by atoms with Crippen LogP contribution in [0.5, 0.6) is 11.5 Å². The van der Waals surface area contributed by atoms with Gasteiger partial charge in [0.2, 0.25) is 0 Å². The molecular formula is C15H17ClN2O. The molecule has 0 spiro atoms. The van der Waals surface area contributed by atoms with Crippen molar-refractivity contribution in [2.75, 3.05) is 24.7 Å². The molecule has 0 bridgehead atoms. The maximum Gasteiger partial charge on any atom is 0.131 e. The van der Waals surface area contributed by atoms with Crippen LogP contribution in [-0.2, 0) is 0 Å². The molecule has 0 amide bonds. The van der Waals surface area contributed by atoms with E-state index in [1.807, 2.05) is 56.3 Å². The number of nitrogens with two attached hydrogens (primary N) is 1. The van der Waals surface area contributed by atoms with Crippen LogP contribution in [0.4, 0.5) is 11.4 Å². The maximum absolute atomic E-state index is 6.02. The number of halogens is 1. The van der Waals surface area contributed by atoms with Crippen LogP contribution in [0.25, 0.3) is 0 Å². The Kier molecular flexibility index (Phi) is 3.86. The largest absolute Gasteiger partial charge is 0.457 e. The lowest BCUT2D eigenvalue weighted by atomic mass is 10.2. The molecule has 0 heterocycles. The molecule has 19 heavy (non-hydrogen) atoms. The van der Waals surface area contributed by atoms with Crippen molar-refractivity contribution in [1.29, 1.82) is 0 Å². The van der Waals surface area contributed by atoms with Gasteiger partial charge in [-0.15, -0.1) is 0 Å². The van der Waals surface area contributed by atoms with E-state index < -0.39 is 0 Å². The molecule has 0 aliphatic heterocycles. The molecule has 4 heteroatoms. The van der Waals surface area contributed by atoms with E-state index in [2.05, 4.69) is 0 Å². The van der Waals surface area contributed by atoms with E-state index in [0.717, 1.165) is 22.7 Å². The van der Waals surface area contributed by atoms with Crippen molar-refractivity contribution in [2.45, 2.75) is 6.92 Å². The van der Waals surface area contributed by atoms with Gasteiger partial charge in [-0.25, -0.2) is 0 Å². The number of anilines is 2. The Morgan fingerprint density at radius 2 is 1.89 bits per heavy atom. The number of rotatable bonds is 3. The number of aryl methyl sites for hydroxylation is 1. The Balaban J connectivity index is 2.31. The molecular weight excluding hydrogens is 260 g/mol. The highest BCUT2D eigenvalue weighted by atomic mass is 35.5. The average Bonchev–Trinajstić information content (AvgIpc) is 2.36. The van der Waals surface area contributed by atoms with Gasteiger partial charge in [-0.3, -0.25) is 0 Å². The van der Waals surface area contributed by atoms with Crippen molar-refractivity contribution < 1.29 is 4.74 Å². The minimum absolute atomic E-state index is 0.504. The van der Waals surface area contributed by atoms with Crippen LogP contribution in [0.2, 0.25) is 5.02 Å². The lowest BCUT2D eigenvalue weighted by molar-refractivity contribution is 0.479. The van der Waals surface area contributed by atoms with Gasteiger partial charge < -0.3 is 15.4 Å². The van der Waals surface area contributed by atoms with Gasteiger partial charge in [0.25, 0.3) is 0 Å². The van der Waals surface area contributed by atoms with E-state index in [9.17, 15) is 0 Å². The van der Waals surface area contributed by atoms with E-state index in [-0.39, 0.29) is 0 Å². The predicted octanol–water partition coefficient (Wildman–Crippen LogP) is 4.09. The summed E-state index contributed by atoms with van der Waals surface area (Å²) in [4.78, 5) is 2.02. The smallest absolute Gasteiger partial charge is 0.131 e. The minimum atomic E-state index is 0.504. The monoisotopic (exact) mass is 276 g/mol. The molecule has 0 radical (unpaired) electrons. The molecule has 2 rings (SSSR count). The van der Waals surface area contributed by atoms with Crippen LogP contribution in [0, 0.1) is 6.92 Å². The van der Waals surface area contributed by atoms with Gasteiger partial charge in [0, 0.05) is 31.9 Å². The van der Waals surface area contributed by atoms with Crippen molar-refractivity contribution >= 4 is 23.0 Å². The molecule has 2 N–H and O–H groups in total. The SMILES string of the molecule is Cc1cc(N)c(Cl)cc1Oc1cccc(N(C)C)c1. The van der Waals surface area contributed by atoms with Gasteiger partial charge in [0.1, 0.15) is 11.5 Å². The average molecular weight is 277 g/mol. The fourth-order valence-corrected chi connectivity index (χ4v) is 1.90.